The van der Waals surface area contributed by atoms with Gasteiger partial charge in [-0.2, -0.15) is 0 Å². The van der Waals surface area contributed by atoms with Crippen LogP contribution >= 0.6 is 22.9 Å². The molecule has 0 atom stereocenters. The number of benzene rings is 1. The van der Waals surface area contributed by atoms with Crippen molar-refractivity contribution >= 4 is 39.8 Å². The van der Waals surface area contributed by atoms with Gasteiger partial charge in [-0.15, -0.1) is 11.3 Å². The molecule has 1 aromatic heterocycles. The first kappa shape index (κ1) is 12.8. The number of nitrogens with zero attached hydrogens (tertiary/aromatic N) is 1. The number of thiazole rings is 1. The number of urea groups is 1. The summed E-state index contributed by atoms with van der Waals surface area (Å²) in [5.74, 6) is -0.529. The highest BCUT2D eigenvalue weighted by molar-refractivity contribution is 7.15. The van der Waals surface area contributed by atoms with Crippen molar-refractivity contribution in [2.45, 2.75) is 6.92 Å². The number of carbonyl (C=O) groups is 1. The molecular formula is C11H9ClFN3OS. The number of rotatable bonds is 2. The van der Waals surface area contributed by atoms with E-state index in [-0.39, 0.29) is 5.02 Å². The third-order valence-corrected chi connectivity index (χ3v) is 3.14. The molecule has 0 saturated carbocycles. The number of aromatic nitrogens is 1. The summed E-state index contributed by atoms with van der Waals surface area (Å²) in [5.41, 5.74) is 0.409. The van der Waals surface area contributed by atoms with Crippen molar-refractivity contribution in [1.29, 1.82) is 0 Å². The van der Waals surface area contributed by atoms with Crippen LogP contribution in [0.2, 0.25) is 5.02 Å². The van der Waals surface area contributed by atoms with Crippen LogP contribution in [0.5, 0.6) is 0 Å². The smallest absolute Gasteiger partial charge is 0.308 e. The van der Waals surface area contributed by atoms with E-state index in [4.69, 9.17) is 11.6 Å². The van der Waals surface area contributed by atoms with E-state index in [1.54, 1.807) is 6.20 Å². The molecule has 94 valence electrons. The van der Waals surface area contributed by atoms with E-state index in [9.17, 15) is 9.18 Å². The Morgan fingerprint density at radius 3 is 2.83 bits per heavy atom. The molecule has 0 aliphatic carbocycles. The molecule has 0 fully saturated rings. The Bertz CT molecular complexity index is 587. The Labute approximate surface area is 112 Å². The van der Waals surface area contributed by atoms with Gasteiger partial charge in [-0.25, -0.2) is 14.2 Å². The Morgan fingerprint density at radius 1 is 1.44 bits per heavy atom. The van der Waals surface area contributed by atoms with Gasteiger partial charge in [0.1, 0.15) is 5.82 Å². The van der Waals surface area contributed by atoms with E-state index in [2.05, 4.69) is 15.6 Å². The summed E-state index contributed by atoms with van der Waals surface area (Å²) in [5, 5.41) is 5.55. The number of anilines is 2. The average molecular weight is 286 g/mol. The van der Waals surface area contributed by atoms with Gasteiger partial charge >= 0.3 is 6.03 Å². The normalized spacial score (nSPS) is 10.2. The van der Waals surface area contributed by atoms with Crippen LogP contribution in [0.1, 0.15) is 4.88 Å². The van der Waals surface area contributed by atoms with Crippen molar-refractivity contribution in [2.75, 3.05) is 10.6 Å². The van der Waals surface area contributed by atoms with Crippen molar-refractivity contribution in [2.24, 2.45) is 0 Å². The maximum absolute atomic E-state index is 12.9. The van der Waals surface area contributed by atoms with Crippen LogP contribution in [0.25, 0.3) is 0 Å². The van der Waals surface area contributed by atoms with Crippen LogP contribution in [0.15, 0.2) is 24.4 Å². The third kappa shape index (κ3) is 3.18. The van der Waals surface area contributed by atoms with E-state index in [1.165, 1.54) is 29.5 Å². The lowest BCUT2D eigenvalue weighted by atomic mass is 10.3. The van der Waals surface area contributed by atoms with Gasteiger partial charge in [-0.3, -0.25) is 5.32 Å². The summed E-state index contributed by atoms with van der Waals surface area (Å²) in [6.45, 7) is 1.89. The summed E-state index contributed by atoms with van der Waals surface area (Å²) >= 11 is 6.97. The molecule has 0 aliphatic rings. The number of nitrogens with one attached hydrogen (secondary N) is 2. The lowest BCUT2D eigenvalue weighted by molar-refractivity contribution is 0.262. The topological polar surface area (TPSA) is 54.0 Å². The molecule has 0 radical (unpaired) electrons. The molecular weight excluding hydrogens is 277 g/mol. The van der Waals surface area contributed by atoms with E-state index in [0.717, 1.165) is 4.88 Å². The first-order chi connectivity index (χ1) is 8.54. The van der Waals surface area contributed by atoms with Gasteiger partial charge in [0, 0.05) is 16.8 Å². The van der Waals surface area contributed by atoms with Crippen molar-refractivity contribution in [1.82, 2.24) is 4.98 Å². The monoisotopic (exact) mass is 285 g/mol. The highest BCUT2D eigenvalue weighted by Gasteiger charge is 2.07. The van der Waals surface area contributed by atoms with E-state index >= 15 is 0 Å². The molecule has 2 amide bonds. The van der Waals surface area contributed by atoms with Gasteiger partial charge in [-0.1, -0.05) is 11.6 Å². The van der Waals surface area contributed by atoms with E-state index in [0.29, 0.717) is 10.8 Å². The number of carbonyl (C=O) groups excluding carboxylic acids is 1. The molecule has 4 nitrogen and oxygen atoms in total. The molecule has 0 spiro atoms. The molecule has 7 heteroatoms. The maximum Gasteiger partial charge on any atom is 0.325 e. The predicted octanol–water partition coefficient (Wildman–Crippen LogP) is 3.89. The van der Waals surface area contributed by atoms with Gasteiger partial charge in [0.2, 0.25) is 0 Å². The second-order valence-corrected chi connectivity index (χ2v) is 5.13. The minimum absolute atomic E-state index is 0.0436. The summed E-state index contributed by atoms with van der Waals surface area (Å²) in [7, 11) is 0. The quantitative estimate of drug-likeness (QED) is 0.879. The van der Waals surface area contributed by atoms with Crippen LogP contribution in [-0.4, -0.2) is 11.0 Å². The number of hydrogen-bond donors (Lipinski definition) is 2. The van der Waals surface area contributed by atoms with Gasteiger partial charge in [-0.05, 0) is 25.1 Å². The van der Waals surface area contributed by atoms with E-state index < -0.39 is 11.8 Å². The summed E-state index contributed by atoms with van der Waals surface area (Å²) in [6.07, 6.45) is 1.66. The van der Waals surface area contributed by atoms with Gasteiger partial charge in [0.15, 0.2) is 5.13 Å². The van der Waals surface area contributed by atoms with Crippen LogP contribution in [0.4, 0.5) is 20.0 Å². The maximum atomic E-state index is 12.9. The van der Waals surface area contributed by atoms with Crippen molar-refractivity contribution in [3.63, 3.8) is 0 Å². The fourth-order valence-corrected chi connectivity index (χ4v) is 2.09. The van der Waals surface area contributed by atoms with Crippen LogP contribution in [0, 0.1) is 12.7 Å². The Morgan fingerprint density at radius 2 is 2.22 bits per heavy atom. The van der Waals surface area contributed by atoms with Crippen molar-refractivity contribution in [3.8, 4) is 0 Å². The van der Waals surface area contributed by atoms with Crippen LogP contribution in [-0.2, 0) is 0 Å². The summed E-state index contributed by atoms with van der Waals surface area (Å²) < 4.78 is 12.9. The number of aryl methyl sites for hydroxylation is 1. The van der Waals surface area contributed by atoms with E-state index in [1.807, 2.05) is 6.92 Å². The second kappa shape index (κ2) is 5.32. The highest BCUT2D eigenvalue weighted by Crippen LogP contribution is 2.20. The van der Waals surface area contributed by atoms with Crippen LogP contribution < -0.4 is 10.6 Å². The molecule has 1 aromatic carbocycles. The third-order valence-electron chi connectivity index (χ3n) is 2.02. The predicted molar refractivity (Wildman–Crippen MR) is 70.9 cm³/mol. The Hall–Kier alpha value is -1.66. The van der Waals surface area contributed by atoms with Gasteiger partial charge < -0.3 is 5.32 Å². The minimum Gasteiger partial charge on any atom is -0.308 e. The average Bonchev–Trinajstić information content (AvgIpc) is 2.69. The molecule has 1 heterocycles. The van der Waals surface area contributed by atoms with Crippen LogP contribution in [0.3, 0.4) is 0 Å². The van der Waals surface area contributed by atoms with Crippen molar-refractivity contribution < 1.29 is 9.18 Å². The molecule has 0 unspecified atom stereocenters. The minimum atomic E-state index is -0.529. The molecule has 2 aromatic rings. The second-order valence-electron chi connectivity index (χ2n) is 3.48. The fourth-order valence-electron chi connectivity index (χ4n) is 1.25. The zero-order valence-electron chi connectivity index (χ0n) is 9.33. The first-order valence-electron chi connectivity index (χ1n) is 5.00. The SMILES string of the molecule is Cc1cnc(NC(=O)Nc2ccc(F)c(Cl)c2)s1. The number of hydrogen-bond acceptors (Lipinski definition) is 3. The zero-order chi connectivity index (χ0) is 13.1. The molecule has 2 rings (SSSR count). The first-order valence-corrected chi connectivity index (χ1v) is 6.19. The lowest BCUT2D eigenvalue weighted by Gasteiger charge is -2.05. The standard InChI is InChI=1S/C11H9ClFN3OS/c1-6-5-14-11(18-6)16-10(17)15-7-2-3-9(13)8(12)4-7/h2-5H,1H3,(H2,14,15,16,17). The zero-order valence-corrected chi connectivity index (χ0v) is 10.9. The summed E-state index contributed by atoms with van der Waals surface area (Å²) in [4.78, 5) is 16.6. The van der Waals surface area contributed by atoms with Crippen molar-refractivity contribution in [3.05, 3.63) is 40.1 Å². The largest absolute Gasteiger partial charge is 0.325 e. The summed E-state index contributed by atoms with van der Waals surface area (Å²) in [6, 6.07) is 3.50. The molecule has 0 bridgehead atoms. The fraction of sp³-hybridized carbons (Fsp3) is 0.0909. The molecule has 18 heavy (non-hydrogen) atoms. The molecule has 0 aliphatic heterocycles. The molecule has 2 N–H and O–H groups in total. The van der Waals surface area contributed by atoms with Gasteiger partial charge in [0.25, 0.3) is 0 Å². The lowest BCUT2D eigenvalue weighted by Crippen LogP contribution is -2.19. The number of halogens is 2. The number of amides is 2. The Kier molecular flexibility index (Phi) is 3.78. The van der Waals surface area contributed by atoms with Gasteiger partial charge in [0.05, 0.1) is 5.02 Å². The molecule has 0 saturated heterocycles. The highest BCUT2D eigenvalue weighted by atomic mass is 35.5. The Balaban J connectivity index is 2.00.